The number of aromatic hydroxyl groups is 1. The van der Waals surface area contributed by atoms with Crippen molar-refractivity contribution >= 4 is 45.3 Å². The van der Waals surface area contributed by atoms with Crippen molar-refractivity contribution in [2.75, 3.05) is 13.2 Å². The van der Waals surface area contributed by atoms with E-state index in [2.05, 4.69) is 10.5 Å². The zero-order valence-corrected chi connectivity index (χ0v) is 21.0. The molecule has 2 N–H and O–H groups in total. The van der Waals surface area contributed by atoms with Gasteiger partial charge in [-0.05, 0) is 60.5 Å². The number of hydrazone groups is 1. The standard InChI is InChI=1S/C24H23Cl2N3O5S/c1-2-34-23-12-17(8-11-22(23)30)14-27-28-24(31)16-29(15-18-9-10-19(25)13-21(18)26)35(32,33)20-6-4-3-5-7-20/h3-14,30H,2,15-16H2,1H3,(H,28,31)/b27-14-. The minimum Gasteiger partial charge on any atom is -0.504 e. The number of sulfonamides is 1. The van der Waals surface area contributed by atoms with Crippen LogP contribution in [0, 0.1) is 0 Å². The summed E-state index contributed by atoms with van der Waals surface area (Å²) in [4.78, 5) is 12.7. The zero-order chi connectivity index (χ0) is 25.4. The summed E-state index contributed by atoms with van der Waals surface area (Å²) in [5, 5.41) is 14.4. The molecule has 0 heterocycles. The number of hydrogen-bond donors (Lipinski definition) is 2. The Morgan fingerprint density at radius 2 is 1.86 bits per heavy atom. The number of rotatable bonds is 10. The van der Waals surface area contributed by atoms with Gasteiger partial charge in [0.1, 0.15) is 0 Å². The van der Waals surface area contributed by atoms with E-state index < -0.39 is 22.5 Å². The second kappa shape index (κ2) is 12.0. The zero-order valence-electron chi connectivity index (χ0n) is 18.7. The van der Waals surface area contributed by atoms with Crippen LogP contribution in [0.5, 0.6) is 11.5 Å². The van der Waals surface area contributed by atoms with E-state index >= 15 is 0 Å². The number of hydrogen-bond acceptors (Lipinski definition) is 6. The van der Waals surface area contributed by atoms with Gasteiger partial charge in [0.05, 0.1) is 24.3 Å². The lowest BCUT2D eigenvalue weighted by Gasteiger charge is -2.22. The molecule has 3 aromatic carbocycles. The second-order valence-electron chi connectivity index (χ2n) is 7.28. The van der Waals surface area contributed by atoms with Gasteiger partial charge < -0.3 is 9.84 Å². The summed E-state index contributed by atoms with van der Waals surface area (Å²) >= 11 is 12.2. The Hall–Kier alpha value is -3.11. The van der Waals surface area contributed by atoms with Gasteiger partial charge in [-0.2, -0.15) is 9.41 Å². The first-order chi connectivity index (χ1) is 16.7. The van der Waals surface area contributed by atoms with Crippen LogP contribution in [0.3, 0.4) is 0 Å². The molecule has 1 amide bonds. The summed E-state index contributed by atoms with van der Waals surface area (Å²) in [6, 6.07) is 17.1. The second-order valence-corrected chi connectivity index (χ2v) is 10.1. The fourth-order valence-electron chi connectivity index (χ4n) is 3.06. The number of benzene rings is 3. The molecule has 0 saturated heterocycles. The summed E-state index contributed by atoms with van der Waals surface area (Å²) in [6.07, 6.45) is 1.35. The molecule has 0 radical (unpaired) electrons. The predicted octanol–water partition coefficient (Wildman–Crippen LogP) is 4.44. The van der Waals surface area contributed by atoms with E-state index in [1.54, 1.807) is 49.4 Å². The van der Waals surface area contributed by atoms with Gasteiger partial charge in [-0.15, -0.1) is 0 Å². The Morgan fingerprint density at radius 1 is 1.11 bits per heavy atom. The van der Waals surface area contributed by atoms with Gasteiger partial charge in [0.2, 0.25) is 10.0 Å². The molecule has 0 aliphatic rings. The number of amides is 1. The molecule has 0 spiro atoms. The van der Waals surface area contributed by atoms with Crippen LogP contribution in [0.4, 0.5) is 0 Å². The molecule has 3 rings (SSSR count). The van der Waals surface area contributed by atoms with Crippen molar-refractivity contribution in [1.29, 1.82) is 0 Å². The van der Waals surface area contributed by atoms with Gasteiger partial charge in [0.25, 0.3) is 5.91 Å². The number of carbonyl (C=O) groups excluding carboxylic acids is 1. The Kier molecular flexibility index (Phi) is 9.11. The summed E-state index contributed by atoms with van der Waals surface area (Å²) in [5.74, 6) is -0.395. The summed E-state index contributed by atoms with van der Waals surface area (Å²) in [6.45, 7) is 1.49. The van der Waals surface area contributed by atoms with Crippen molar-refractivity contribution in [1.82, 2.24) is 9.73 Å². The molecule has 0 aliphatic carbocycles. The summed E-state index contributed by atoms with van der Waals surface area (Å²) < 4.78 is 32.9. The van der Waals surface area contributed by atoms with Crippen LogP contribution in [-0.2, 0) is 21.4 Å². The van der Waals surface area contributed by atoms with Gasteiger partial charge in [-0.1, -0.05) is 47.5 Å². The van der Waals surface area contributed by atoms with Crippen molar-refractivity contribution in [2.45, 2.75) is 18.4 Å². The van der Waals surface area contributed by atoms with Gasteiger partial charge in [-0.3, -0.25) is 4.79 Å². The first-order valence-corrected chi connectivity index (χ1v) is 12.7. The number of ether oxygens (including phenoxy) is 1. The fraction of sp³-hybridized carbons (Fsp3) is 0.167. The lowest BCUT2D eigenvalue weighted by Crippen LogP contribution is -2.39. The molecule has 11 heteroatoms. The topological polar surface area (TPSA) is 108 Å². The molecule has 0 aliphatic heterocycles. The first kappa shape index (κ1) is 26.5. The van der Waals surface area contributed by atoms with Crippen LogP contribution in [0.15, 0.2) is 76.7 Å². The molecule has 0 bridgehead atoms. The smallest absolute Gasteiger partial charge is 0.255 e. The Labute approximate surface area is 213 Å². The normalized spacial score (nSPS) is 11.7. The van der Waals surface area contributed by atoms with Crippen LogP contribution in [0.1, 0.15) is 18.1 Å². The minimum atomic E-state index is -4.03. The average Bonchev–Trinajstić information content (AvgIpc) is 2.83. The molecule has 0 fully saturated rings. The van der Waals surface area contributed by atoms with E-state index in [1.807, 2.05) is 0 Å². The molecule has 0 atom stereocenters. The van der Waals surface area contributed by atoms with E-state index in [1.165, 1.54) is 30.5 Å². The molecule has 35 heavy (non-hydrogen) atoms. The SMILES string of the molecule is CCOc1cc(/C=N\NC(=O)CN(Cc2ccc(Cl)cc2Cl)S(=O)(=O)c2ccccc2)ccc1O. The summed E-state index contributed by atoms with van der Waals surface area (Å²) in [7, 11) is -4.03. The van der Waals surface area contributed by atoms with Crippen LogP contribution >= 0.6 is 23.2 Å². The third kappa shape index (κ3) is 7.19. The predicted molar refractivity (Wildman–Crippen MR) is 136 cm³/mol. The number of nitrogens with zero attached hydrogens (tertiary/aromatic N) is 2. The lowest BCUT2D eigenvalue weighted by molar-refractivity contribution is -0.121. The van der Waals surface area contributed by atoms with Gasteiger partial charge in [0.15, 0.2) is 11.5 Å². The van der Waals surface area contributed by atoms with Crippen LogP contribution in [0.25, 0.3) is 0 Å². The molecule has 3 aromatic rings. The molecule has 0 aromatic heterocycles. The Balaban J connectivity index is 1.78. The lowest BCUT2D eigenvalue weighted by atomic mass is 10.2. The number of carbonyl (C=O) groups is 1. The molecular formula is C24H23Cl2N3O5S. The third-order valence-corrected chi connectivity index (χ3v) is 7.14. The van der Waals surface area contributed by atoms with E-state index in [-0.39, 0.29) is 28.0 Å². The van der Waals surface area contributed by atoms with Crippen molar-refractivity contribution in [3.63, 3.8) is 0 Å². The highest BCUT2D eigenvalue weighted by Crippen LogP contribution is 2.26. The van der Waals surface area contributed by atoms with Crippen LogP contribution in [-0.4, -0.2) is 43.1 Å². The van der Waals surface area contributed by atoms with E-state index in [9.17, 15) is 18.3 Å². The van der Waals surface area contributed by atoms with E-state index in [0.717, 1.165) is 4.31 Å². The van der Waals surface area contributed by atoms with Gasteiger partial charge in [-0.25, -0.2) is 13.8 Å². The quantitative estimate of drug-likeness (QED) is 0.294. The molecule has 8 nitrogen and oxygen atoms in total. The third-order valence-electron chi connectivity index (χ3n) is 4.75. The largest absolute Gasteiger partial charge is 0.504 e. The van der Waals surface area contributed by atoms with Crippen LogP contribution in [0.2, 0.25) is 10.0 Å². The van der Waals surface area contributed by atoms with Crippen molar-refractivity contribution in [3.8, 4) is 11.5 Å². The number of nitrogens with one attached hydrogen (secondary N) is 1. The van der Waals surface area contributed by atoms with Crippen molar-refractivity contribution < 1.29 is 23.1 Å². The monoisotopic (exact) mass is 535 g/mol. The maximum absolute atomic E-state index is 13.3. The maximum atomic E-state index is 13.3. The molecule has 0 unspecified atom stereocenters. The van der Waals surface area contributed by atoms with Crippen molar-refractivity contribution in [2.24, 2.45) is 5.10 Å². The van der Waals surface area contributed by atoms with Crippen molar-refractivity contribution in [3.05, 3.63) is 87.9 Å². The number of phenols is 1. The first-order valence-electron chi connectivity index (χ1n) is 10.5. The summed E-state index contributed by atoms with van der Waals surface area (Å²) in [5.41, 5.74) is 3.38. The highest BCUT2D eigenvalue weighted by atomic mass is 35.5. The Morgan fingerprint density at radius 3 is 2.54 bits per heavy atom. The van der Waals surface area contributed by atoms with Gasteiger partial charge in [0, 0.05) is 16.6 Å². The average molecular weight is 536 g/mol. The van der Waals surface area contributed by atoms with Gasteiger partial charge >= 0.3 is 0 Å². The van der Waals surface area contributed by atoms with Crippen LogP contribution < -0.4 is 10.2 Å². The van der Waals surface area contributed by atoms with E-state index in [4.69, 9.17) is 27.9 Å². The molecule has 184 valence electrons. The fourth-order valence-corrected chi connectivity index (χ4v) is 4.93. The number of phenolic OH excluding ortho intramolecular Hbond substituents is 1. The maximum Gasteiger partial charge on any atom is 0.255 e. The highest BCUT2D eigenvalue weighted by Gasteiger charge is 2.27. The molecular weight excluding hydrogens is 513 g/mol. The van der Waals surface area contributed by atoms with E-state index in [0.29, 0.717) is 22.8 Å². The highest BCUT2D eigenvalue weighted by molar-refractivity contribution is 7.89. The number of halogens is 2. The molecule has 0 saturated carbocycles. The Bertz CT molecular complexity index is 1320. The minimum absolute atomic E-state index is 0.0179.